The first kappa shape index (κ1) is 16.0. The van der Waals surface area contributed by atoms with Crippen molar-refractivity contribution in [2.75, 3.05) is 13.1 Å². The van der Waals surface area contributed by atoms with Crippen LogP contribution in [0.15, 0.2) is 12.1 Å². The van der Waals surface area contributed by atoms with Crippen molar-refractivity contribution in [2.24, 2.45) is 0 Å². The zero-order valence-electron chi connectivity index (χ0n) is 13.4. The summed E-state index contributed by atoms with van der Waals surface area (Å²) in [5.41, 5.74) is 0.202. The van der Waals surface area contributed by atoms with E-state index in [4.69, 9.17) is 0 Å². The summed E-state index contributed by atoms with van der Waals surface area (Å²) in [5.74, 6) is 0. The molecule has 3 heteroatoms. The van der Waals surface area contributed by atoms with E-state index in [1.54, 1.807) is 0 Å². The normalized spacial score (nSPS) is 18.8. The lowest BCUT2D eigenvalue weighted by Gasteiger charge is -2.23. The van der Waals surface area contributed by atoms with Gasteiger partial charge in [-0.2, -0.15) is 0 Å². The van der Waals surface area contributed by atoms with Gasteiger partial charge in [-0.15, -0.1) is 11.3 Å². The Morgan fingerprint density at radius 3 is 2.25 bits per heavy atom. The molecular formula is C17H30N2S. The monoisotopic (exact) mass is 294 g/mol. The number of nitrogens with one attached hydrogen (secondary N) is 1. The summed E-state index contributed by atoms with van der Waals surface area (Å²) in [4.78, 5) is 5.63. The summed E-state index contributed by atoms with van der Waals surface area (Å²) in [6, 6.07) is 4.62. The Kier molecular flexibility index (Phi) is 6.06. The fraction of sp³-hybridized carbons (Fsp3) is 0.765. The van der Waals surface area contributed by atoms with Crippen LogP contribution in [0.5, 0.6) is 0 Å². The van der Waals surface area contributed by atoms with Gasteiger partial charge < -0.3 is 5.32 Å². The number of thiophene rings is 1. The average Bonchev–Trinajstić information content (AvgIpc) is 2.77. The molecule has 0 unspecified atom stereocenters. The Hall–Kier alpha value is -0.380. The molecule has 20 heavy (non-hydrogen) atoms. The van der Waals surface area contributed by atoms with Gasteiger partial charge in [-0.05, 0) is 58.8 Å². The smallest absolute Gasteiger partial charge is 0.0328 e. The molecule has 1 N–H and O–H groups in total. The number of hydrogen-bond acceptors (Lipinski definition) is 3. The molecule has 0 aromatic carbocycles. The molecule has 0 saturated carbocycles. The number of hydrogen-bond donors (Lipinski definition) is 1. The highest BCUT2D eigenvalue weighted by Crippen LogP contribution is 2.20. The van der Waals surface area contributed by atoms with E-state index in [0.29, 0.717) is 0 Å². The molecule has 2 rings (SSSR count). The highest BCUT2D eigenvalue weighted by Gasteiger charge is 2.12. The molecule has 2 heterocycles. The van der Waals surface area contributed by atoms with Gasteiger partial charge >= 0.3 is 0 Å². The third-order valence-electron chi connectivity index (χ3n) is 3.84. The van der Waals surface area contributed by atoms with Crippen molar-refractivity contribution in [2.45, 2.75) is 71.5 Å². The highest BCUT2D eigenvalue weighted by molar-refractivity contribution is 7.11. The zero-order chi connectivity index (χ0) is 14.4. The minimum Gasteiger partial charge on any atom is -0.307 e. The lowest BCUT2D eigenvalue weighted by atomic mass is 10.1. The van der Waals surface area contributed by atoms with Gasteiger partial charge in [0.05, 0.1) is 0 Å². The Bertz CT molecular complexity index is 384. The Morgan fingerprint density at radius 1 is 1.00 bits per heavy atom. The maximum absolute atomic E-state index is 3.57. The third-order valence-corrected chi connectivity index (χ3v) is 4.91. The van der Waals surface area contributed by atoms with Gasteiger partial charge in [-0.3, -0.25) is 4.90 Å². The van der Waals surface area contributed by atoms with Crippen LogP contribution in [0.1, 0.15) is 62.6 Å². The fourth-order valence-electron chi connectivity index (χ4n) is 2.65. The van der Waals surface area contributed by atoms with E-state index in [2.05, 4.69) is 43.1 Å². The van der Waals surface area contributed by atoms with E-state index < -0.39 is 0 Å². The predicted octanol–water partition coefficient (Wildman–Crippen LogP) is 4.40. The van der Waals surface area contributed by atoms with Crippen molar-refractivity contribution in [3.8, 4) is 0 Å². The lowest BCUT2D eigenvalue weighted by molar-refractivity contribution is 0.241. The minimum atomic E-state index is 0.202. The van der Waals surface area contributed by atoms with E-state index in [-0.39, 0.29) is 5.54 Å². The Labute approximate surface area is 128 Å². The maximum atomic E-state index is 3.57. The van der Waals surface area contributed by atoms with Crippen molar-refractivity contribution in [1.29, 1.82) is 0 Å². The molecule has 1 aliphatic heterocycles. The van der Waals surface area contributed by atoms with Gasteiger partial charge in [0.15, 0.2) is 0 Å². The van der Waals surface area contributed by atoms with Crippen LogP contribution in [0.4, 0.5) is 0 Å². The van der Waals surface area contributed by atoms with E-state index in [1.807, 2.05) is 11.3 Å². The SMILES string of the molecule is CC(C)(C)NCc1ccc(CN2CCCCCCC2)s1. The van der Waals surface area contributed by atoms with Gasteiger partial charge in [0, 0.05) is 28.4 Å². The molecule has 114 valence electrons. The molecule has 0 atom stereocenters. The summed E-state index contributed by atoms with van der Waals surface area (Å²) < 4.78 is 0. The first-order chi connectivity index (χ1) is 9.53. The number of likely N-dealkylation sites (tertiary alicyclic amines) is 1. The van der Waals surface area contributed by atoms with Crippen LogP contribution < -0.4 is 5.32 Å². The Balaban J connectivity index is 1.82. The van der Waals surface area contributed by atoms with Crippen molar-refractivity contribution >= 4 is 11.3 Å². The summed E-state index contributed by atoms with van der Waals surface area (Å²) in [7, 11) is 0. The average molecular weight is 295 g/mol. The summed E-state index contributed by atoms with van der Waals surface area (Å²) in [6.45, 7) is 11.4. The Morgan fingerprint density at radius 2 is 1.60 bits per heavy atom. The van der Waals surface area contributed by atoms with Crippen LogP contribution in [0, 0.1) is 0 Å². The van der Waals surface area contributed by atoms with Gasteiger partial charge in [0.25, 0.3) is 0 Å². The summed E-state index contributed by atoms with van der Waals surface area (Å²) in [6.07, 6.45) is 7.03. The van der Waals surface area contributed by atoms with Crippen molar-refractivity contribution in [1.82, 2.24) is 10.2 Å². The molecule has 0 radical (unpaired) electrons. The van der Waals surface area contributed by atoms with Gasteiger partial charge in [0.1, 0.15) is 0 Å². The van der Waals surface area contributed by atoms with Crippen LogP contribution in [0.2, 0.25) is 0 Å². The molecule has 1 aromatic rings. The molecule has 1 fully saturated rings. The third kappa shape index (κ3) is 5.94. The first-order valence-electron chi connectivity index (χ1n) is 8.08. The quantitative estimate of drug-likeness (QED) is 0.885. The zero-order valence-corrected chi connectivity index (χ0v) is 14.2. The van der Waals surface area contributed by atoms with Crippen molar-refractivity contribution in [3.05, 3.63) is 21.9 Å². The van der Waals surface area contributed by atoms with Crippen molar-refractivity contribution in [3.63, 3.8) is 0 Å². The predicted molar refractivity (Wildman–Crippen MR) is 89.3 cm³/mol. The van der Waals surface area contributed by atoms with Crippen LogP contribution in [0.3, 0.4) is 0 Å². The van der Waals surface area contributed by atoms with Crippen molar-refractivity contribution < 1.29 is 0 Å². The topological polar surface area (TPSA) is 15.3 Å². The highest BCUT2D eigenvalue weighted by atomic mass is 32.1. The van der Waals surface area contributed by atoms with E-state index in [0.717, 1.165) is 13.1 Å². The standard InChI is InChI=1S/C17H30N2S/c1-17(2,3)18-13-15-9-10-16(20-15)14-19-11-7-5-4-6-8-12-19/h9-10,18H,4-8,11-14H2,1-3H3. The molecule has 1 saturated heterocycles. The molecule has 0 spiro atoms. The largest absolute Gasteiger partial charge is 0.307 e. The van der Waals surface area contributed by atoms with Crippen LogP contribution in [-0.2, 0) is 13.1 Å². The summed E-state index contributed by atoms with van der Waals surface area (Å²) >= 11 is 1.98. The summed E-state index contributed by atoms with van der Waals surface area (Å²) in [5, 5.41) is 3.57. The number of rotatable bonds is 4. The molecular weight excluding hydrogens is 264 g/mol. The lowest BCUT2D eigenvalue weighted by Crippen LogP contribution is -2.34. The van der Waals surface area contributed by atoms with E-state index >= 15 is 0 Å². The number of nitrogens with zero attached hydrogens (tertiary/aromatic N) is 1. The molecule has 0 aliphatic carbocycles. The van der Waals surface area contributed by atoms with Crippen LogP contribution in [-0.4, -0.2) is 23.5 Å². The van der Waals surface area contributed by atoms with E-state index in [1.165, 1.54) is 54.9 Å². The second-order valence-corrected chi connectivity index (χ2v) is 8.27. The fourth-order valence-corrected chi connectivity index (χ4v) is 3.65. The van der Waals surface area contributed by atoms with Crippen LogP contribution in [0.25, 0.3) is 0 Å². The van der Waals surface area contributed by atoms with Gasteiger partial charge in [-0.25, -0.2) is 0 Å². The second-order valence-electron chi connectivity index (χ2n) is 7.02. The maximum Gasteiger partial charge on any atom is 0.0328 e. The van der Waals surface area contributed by atoms with Crippen LogP contribution >= 0.6 is 11.3 Å². The molecule has 0 amide bonds. The van der Waals surface area contributed by atoms with Gasteiger partial charge in [-0.1, -0.05) is 19.3 Å². The molecule has 2 nitrogen and oxygen atoms in total. The van der Waals surface area contributed by atoms with Gasteiger partial charge in [0.2, 0.25) is 0 Å². The minimum absolute atomic E-state index is 0.202. The second kappa shape index (κ2) is 7.58. The molecule has 1 aromatic heterocycles. The first-order valence-corrected chi connectivity index (χ1v) is 8.89. The van der Waals surface area contributed by atoms with E-state index in [9.17, 15) is 0 Å². The molecule has 0 bridgehead atoms. The molecule has 1 aliphatic rings.